The maximum atomic E-state index is 13.3. The highest BCUT2D eigenvalue weighted by molar-refractivity contribution is 9.10. The number of rotatable bonds is 2. The van der Waals surface area contributed by atoms with E-state index in [2.05, 4.69) is 15.9 Å². The van der Waals surface area contributed by atoms with Crippen LogP contribution in [-0.2, 0) is 0 Å². The van der Waals surface area contributed by atoms with E-state index < -0.39 is 17.4 Å². The van der Waals surface area contributed by atoms with Crippen LogP contribution in [0.4, 0.5) is 8.78 Å². The van der Waals surface area contributed by atoms with Crippen LogP contribution in [0.25, 0.3) is 10.8 Å². The molecule has 0 amide bonds. The largest absolute Gasteiger partial charge is 0.289 e. The van der Waals surface area contributed by atoms with E-state index in [0.29, 0.717) is 5.56 Å². The molecule has 0 heterocycles. The average Bonchev–Trinajstić information content (AvgIpc) is 2.46. The average molecular weight is 347 g/mol. The molecule has 0 atom stereocenters. The minimum Gasteiger partial charge on any atom is -0.289 e. The van der Waals surface area contributed by atoms with Crippen LogP contribution in [-0.4, -0.2) is 5.78 Å². The summed E-state index contributed by atoms with van der Waals surface area (Å²) in [5.41, 5.74) is 0.416. The molecule has 0 saturated heterocycles. The lowest BCUT2D eigenvalue weighted by molar-refractivity contribution is 0.103. The molecular formula is C17H9BrF2O. The zero-order valence-electron chi connectivity index (χ0n) is 10.7. The van der Waals surface area contributed by atoms with Crippen LogP contribution >= 0.6 is 15.9 Å². The Kier molecular flexibility index (Phi) is 3.55. The van der Waals surface area contributed by atoms with Gasteiger partial charge in [-0.15, -0.1) is 0 Å². The van der Waals surface area contributed by atoms with Gasteiger partial charge in [0.2, 0.25) is 0 Å². The third kappa shape index (κ3) is 2.59. The molecule has 0 spiro atoms. The number of fused-ring (bicyclic) bond motifs is 1. The van der Waals surface area contributed by atoms with E-state index in [1.54, 1.807) is 12.1 Å². The van der Waals surface area contributed by atoms with Gasteiger partial charge < -0.3 is 0 Å². The molecule has 4 heteroatoms. The molecule has 1 nitrogen and oxygen atoms in total. The maximum absolute atomic E-state index is 13.3. The van der Waals surface area contributed by atoms with Gasteiger partial charge in [0.05, 0.1) is 0 Å². The number of ketones is 1. The molecule has 0 aromatic heterocycles. The first-order chi connectivity index (χ1) is 10.1. The van der Waals surface area contributed by atoms with Crippen LogP contribution in [0.5, 0.6) is 0 Å². The lowest BCUT2D eigenvalue weighted by Gasteiger charge is -2.08. The van der Waals surface area contributed by atoms with Crippen LogP contribution in [0.15, 0.2) is 59.1 Å². The number of carbonyl (C=O) groups excluding carboxylic acids is 1. The Hall–Kier alpha value is -2.07. The van der Waals surface area contributed by atoms with Gasteiger partial charge in [-0.3, -0.25) is 4.79 Å². The molecule has 21 heavy (non-hydrogen) atoms. The molecule has 0 fully saturated rings. The van der Waals surface area contributed by atoms with E-state index in [-0.39, 0.29) is 5.56 Å². The Morgan fingerprint density at radius 2 is 1.48 bits per heavy atom. The standard InChI is InChI=1S/C17H9BrF2O/c18-16-6-5-15(13-3-1-2-4-14(13)16)17(21)10-7-11(19)9-12(20)8-10/h1-9H. The van der Waals surface area contributed by atoms with Gasteiger partial charge in [0.1, 0.15) is 11.6 Å². The molecule has 3 rings (SSSR count). The van der Waals surface area contributed by atoms with Crippen LogP contribution in [0.1, 0.15) is 15.9 Å². The van der Waals surface area contributed by atoms with Crippen LogP contribution in [0.3, 0.4) is 0 Å². The van der Waals surface area contributed by atoms with Crippen molar-refractivity contribution in [3.8, 4) is 0 Å². The summed E-state index contributed by atoms with van der Waals surface area (Å²) in [5, 5.41) is 1.61. The Bertz CT molecular complexity index is 838. The van der Waals surface area contributed by atoms with E-state index in [9.17, 15) is 13.6 Å². The minimum atomic E-state index is -0.764. The van der Waals surface area contributed by atoms with Gasteiger partial charge in [-0.1, -0.05) is 40.2 Å². The molecule has 0 aliphatic carbocycles. The fraction of sp³-hybridized carbons (Fsp3) is 0. The third-order valence-electron chi connectivity index (χ3n) is 3.24. The summed E-state index contributed by atoms with van der Waals surface area (Å²) in [7, 11) is 0. The summed E-state index contributed by atoms with van der Waals surface area (Å²) in [4.78, 5) is 12.5. The SMILES string of the molecule is O=C(c1cc(F)cc(F)c1)c1ccc(Br)c2ccccc12. The van der Waals surface area contributed by atoms with Gasteiger partial charge in [0, 0.05) is 21.7 Å². The second kappa shape index (κ2) is 5.37. The van der Waals surface area contributed by atoms with Gasteiger partial charge in [0.15, 0.2) is 5.78 Å². The fourth-order valence-corrected chi connectivity index (χ4v) is 2.78. The van der Waals surface area contributed by atoms with E-state index >= 15 is 0 Å². The van der Waals surface area contributed by atoms with Gasteiger partial charge >= 0.3 is 0 Å². The van der Waals surface area contributed by atoms with Crippen molar-refractivity contribution in [1.29, 1.82) is 0 Å². The Labute approximate surface area is 128 Å². The first kappa shape index (κ1) is 13.9. The molecule has 0 saturated carbocycles. The lowest BCUT2D eigenvalue weighted by atomic mass is 9.97. The predicted octanol–water partition coefficient (Wildman–Crippen LogP) is 5.11. The molecule has 0 aliphatic heterocycles. The monoisotopic (exact) mass is 346 g/mol. The lowest BCUT2D eigenvalue weighted by Crippen LogP contribution is -2.03. The predicted molar refractivity (Wildman–Crippen MR) is 81.4 cm³/mol. The summed E-state index contributed by atoms with van der Waals surface area (Å²) < 4.78 is 27.4. The van der Waals surface area contributed by atoms with Crippen molar-refractivity contribution >= 4 is 32.5 Å². The van der Waals surface area contributed by atoms with Gasteiger partial charge in [-0.05, 0) is 35.0 Å². The number of benzene rings is 3. The fourth-order valence-electron chi connectivity index (χ4n) is 2.30. The summed E-state index contributed by atoms with van der Waals surface area (Å²) in [6.07, 6.45) is 0. The second-order valence-corrected chi connectivity index (χ2v) is 5.48. The summed E-state index contributed by atoms with van der Waals surface area (Å²) in [5.74, 6) is -1.93. The Morgan fingerprint density at radius 1 is 0.857 bits per heavy atom. The first-order valence-corrected chi connectivity index (χ1v) is 7.03. The molecule has 3 aromatic rings. The van der Waals surface area contributed by atoms with Crippen molar-refractivity contribution in [1.82, 2.24) is 0 Å². The van der Waals surface area contributed by atoms with Crippen molar-refractivity contribution in [2.45, 2.75) is 0 Å². The summed E-state index contributed by atoms with van der Waals surface area (Å²) >= 11 is 3.43. The highest BCUT2D eigenvalue weighted by atomic mass is 79.9. The van der Waals surface area contributed by atoms with Crippen LogP contribution in [0.2, 0.25) is 0 Å². The van der Waals surface area contributed by atoms with E-state index in [4.69, 9.17) is 0 Å². The number of carbonyl (C=O) groups is 1. The number of hydrogen-bond donors (Lipinski definition) is 0. The number of hydrogen-bond acceptors (Lipinski definition) is 1. The summed E-state index contributed by atoms with van der Waals surface area (Å²) in [6.45, 7) is 0. The third-order valence-corrected chi connectivity index (χ3v) is 3.93. The van der Waals surface area contributed by atoms with Crippen molar-refractivity contribution in [2.24, 2.45) is 0 Å². The number of halogens is 3. The Morgan fingerprint density at radius 3 is 2.14 bits per heavy atom. The summed E-state index contributed by atoms with van der Waals surface area (Å²) in [6, 6.07) is 13.6. The zero-order chi connectivity index (χ0) is 15.0. The van der Waals surface area contributed by atoms with E-state index in [1.165, 1.54) is 0 Å². The Balaban J connectivity index is 2.20. The van der Waals surface area contributed by atoms with Crippen molar-refractivity contribution in [2.75, 3.05) is 0 Å². The van der Waals surface area contributed by atoms with E-state index in [1.807, 2.05) is 24.3 Å². The topological polar surface area (TPSA) is 17.1 Å². The molecule has 0 bridgehead atoms. The molecule has 3 aromatic carbocycles. The molecule has 0 radical (unpaired) electrons. The highest BCUT2D eigenvalue weighted by Crippen LogP contribution is 2.28. The van der Waals surface area contributed by atoms with Gasteiger partial charge in [0.25, 0.3) is 0 Å². The van der Waals surface area contributed by atoms with Crippen molar-refractivity contribution in [3.63, 3.8) is 0 Å². The smallest absolute Gasteiger partial charge is 0.193 e. The quantitative estimate of drug-likeness (QED) is 0.589. The van der Waals surface area contributed by atoms with Crippen molar-refractivity contribution < 1.29 is 13.6 Å². The van der Waals surface area contributed by atoms with Gasteiger partial charge in [-0.25, -0.2) is 8.78 Å². The van der Waals surface area contributed by atoms with E-state index in [0.717, 1.165) is 33.4 Å². The minimum absolute atomic E-state index is 0.0000227. The first-order valence-electron chi connectivity index (χ1n) is 6.24. The second-order valence-electron chi connectivity index (χ2n) is 4.63. The maximum Gasteiger partial charge on any atom is 0.193 e. The highest BCUT2D eigenvalue weighted by Gasteiger charge is 2.15. The normalized spacial score (nSPS) is 10.8. The van der Waals surface area contributed by atoms with Crippen LogP contribution < -0.4 is 0 Å². The molecule has 0 unspecified atom stereocenters. The van der Waals surface area contributed by atoms with Gasteiger partial charge in [-0.2, -0.15) is 0 Å². The van der Waals surface area contributed by atoms with Crippen molar-refractivity contribution in [3.05, 3.63) is 81.8 Å². The van der Waals surface area contributed by atoms with Crippen LogP contribution in [0, 0.1) is 11.6 Å². The molecule has 0 N–H and O–H groups in total. The molecular weight excluding hydrogens is 338 g/mol. The molecule has 104 valence electrons. The molecule has 0 aliphatic rings. The zero-order valence-corrected chi connectivity index (χ0v) is 12.3.